The molecule has 3 aliphatic heterocycles. The van der Waals surface area contributed by atoms with Crippen molar-refractivity contribution in [2.24, 2.45) is 5.73 Å². The maximum atomic E-state index is 15.7. The second-order valence-electron chi connectivity index (χ2n) is 20.4. The van der Waals surface area contributed by atoms with Crippen LogP contribution in [0.25, 0.3) is 22.3 Å². The van der Waals surface area contributed by atoms with E-state index in [0.717, 1.165) is 17.1 Å². The normalized spacial score (nSPS) is 17.2. The fourth-order valence-corrected chi connectivity index (χ4v) is 10.8. The van der Waals surface area contributed by atoms with Gasteiger partial charge in [-0.05, 0) is 67.3 Å². The number of nitrogens with zero attached hydrogens (tertiary/aromatic N) is 4. The van der Waals surface area contributed by atoms with Crippen molar-refractivity contribution in [1.29, 1.82) is 0 Å². The summed E-state index contributed by atoms with van der Waals surface area (Å²) in [5.74, 6) is -9.43. The van der Waals surface area contributed by atoms with E-state index in [9.17, 15) is 67.7 Å². The number of carbonyl (C=O) groups excluding carboxylic acids is 10. The van der Waals surface area contributed by atoms with Crippen LogP contribution in [0.5, 0.6) is 0 Å². The van der Waals surface area contributed by atoms with Crippen LogP contribution in [0.3, 0.4) is 0 Å². The third-order valence-corrected chi connectivity index (χ3v) is 15.1. The number of nitrogens with two attached hydrogens (primary N) is 1. The summed E-state index contributed by atoms with van der Waals surface area (Å²) < 4.78 is 22.4. The first-order valence-electron chi connectivity index (χ1n) is 26.7. The maximum absolute atomic E-state index is 15.7. The molecule has 2 aromatic heterocycles. The molecule has 5 heterocycles. The number of aryl methyl sites for hydroxylation is 1. The number of esters is 1. The zero-order valence-electron chi connectivity index (χ0n) is 44.9. The van der Waals surface area contributed by atoms with Gasteiger partial charge in [0.2, 0.25) is 41.4 Å². The van der Waals surface area contributed by atoms with Gasteiger partial charge in [0.05, 0.1) is 61.1 Å². The highest BCUT2D eigenvalue weighted by Gasteiger charge is 2.46. The molecule has 2 aromatic carbocycles. The van der Waals surface area contributed by atoms with Gasteiger partial charge in [-0.2, -0.15) is 0 Å². The summed E-state index contributed by atoms with van der Waals surface area (Å²) in [6, 6.07) is 7.51. The summed E-state index contributed by atoms with van der Waals surface area (Å²) in [5, 5.41) is 33.5. The summed E-state index contributed by atoms with van der Waals surface area (Å²) in [4.78, 5) is 162. The van der Waals surface area contributed by atoms with Crippen LogP contribution >= 0.6 is 0 Å². The van der Waals surface area contributed by atoms with E-state index in [0.29, 0.717) is 52.5 Å². The van der Waals surface area contributed by atoms with E-state index >= 15 is 4.39 Å². The molecular formula is C56H61FN10O15. The van der Waals surface area contributed by atoms with Crippen molar-refractivity contribution in [3.63, 3.8) is 0 Å². The predicted octanol–water partition coefficient (Wildman–Crippen LogP) is -0.261. The lowest BCUT2D eigenvalue weighted by Crippen LogP contribution is -2.53. The molecule has 4 aromatic rings. The minimum absolute atomic E-state index is 0.0591. The fourth-order valence-electron chi connectivity index (χ4n) is 10.8. The molecule has 8 rings (SSSR count). The molecular weight excluding hydrogens is 1070 g/mol. The minimum Gasteiger partial charge on any atom is -0.481 e. The Kier molecular flexibility index (Phi) is 18.0. The average Bonchev–Trinajstić information content (AvgIpc) is 1.78. The van der Waals surface area contributed by atoms with Gasteiger partial charge in [0.25, 0.3) is 17.4 Å². The molecule has 0 fully saturated rings. The van der Waals surface area contributed by atoms with E-state index in [1.165, 1.54) is 21.6 Å². The molecule has 1 aliphatic carbocycles. The molecule has 26 heteroatoms. The maximum Gasteiger partial charge on any atom is 0.343 e. The molecule has 25 nitrogen and oxygen atoms in total. The number of benzene rings is 2. The highest BCUT2D eigenvalue weighted by Crippen LogP contribution is 2.47. The first-order chi connectivity index (χ1) is 39.1. The Hall–Kier alpha value is -9.20. The number of amides is 9. The van der Waals surface area contributed by atoms with Crippen LogP contribution in [0.2, 0.25) is 0 Å². The summed E-state index contributed by atoms with van der Waals surface area (Å²) in [5.41, 5.74) is 6.35. The second-order valence-corrected chi connectivity index (χ2v) is 20.4. The monoisotopic (exact) mass is 1130 g/mol. The van der Waals surface area contributed by atoms with Gasteiger partial charge in [-0.15, -0.1) is 0 Å². The van der Waals surface area contributed by atoms with Crippen LogP contribution in [-0.4, -0.2) is 139 Å². The number of pyridine rings is 2. The molecule has 9 N–H and O–H groups in total. The van der Waals surface area contributed by atoms with Crippen molar-refractivity contribution >= 4 is 76.0 Å². The second kappa shape index (κ2) is 25.1. The Morgan fingerprint density at radius 1 is 0.854 bits per heavy atom. The number of primary amides is 1. The number of aliphatic hydroxyl groups is 1. The number of hydrogen-bond donors (Lipinski definition) is 8. The van der Waals surface area contributed by atoms with Gasteiger partial charge < -0.3 is 56.7 Å². The zero-order valence-corrected chi connectivity index (χ0v) is 44.9. The molecule has 4 atom stereocenters. The van der Waals surface area contributed by atoms with E-state index in [1.54, 1.807) is 44.2 Å². The predicted molar refractivity (Wildman–Crippen MR) is 285 cm³/mol. The Bertz CT molecular complexity index is 3400. The number of rotatable bonds is 25. The molecule has 0 saturated carbocycles. The minimum atomic E-state index is -2.13. The van der Waals surface area contributed by atoms with Crippen LogP contribution in [0, 0.1) is 12.7 Å². The molecule has 0 unspecified atom stereocenters. The number of unbranched alkanes of at least 4 members (excludes halogenated alkanes) is 2. The summed E-state index contributed by atoms with van der Waals surface area (Å²) in [7, 11) is 0. The lowest BCUT2D eigenvalue weighted by molar-refractivity contribution is -0.172. The number of imide groups is 1. The largest absolute Gasteiger partial charge is 0.481 e. The highest BCUT2D eigenvalue weighted by molar-refractivity contribution is 6.12. The van der Waals surface area contributed by atoms with Gasteiger partial charge in [-0.3, -0.25) is 57.6 Å². The SMILES string of the molecule is CC[C@@]1(O)C(=O)OCc2c1cc1n(c2=O)Cc2c-1nc1cc(F)c(C)c3c1c2[C@@H](N(CCC(N)=O)C(=O)CNC(=O)[C@H](Cc1ccccc1)NC(=O)CNC(=O)CNC(=O)[C@H](CC(=O)O)NC(=O)CCCCCN1C(=O)C=CC1=O)CC3. The lowest BCUT2D eigenvalue weighted by Gasteiger charge is -2.37. The van der Waals surface area contributed by atoms with E-state index in [-0.39, 0.29) is 92.8 Å². The van der Waals surface area contributed by atoms with Crippen LogP contribution in [0.1, 0.15) is 103 Å². The molecule has 9 amide bonds. The molecule has 0 saturated heterocycles. The van der Waals surface area contributed by atoms with Gasteiger partial charge in [0, 0.05) is 67.1 Å². The Morgan fingerprint density at radius 3 is 2.23 bits per heavy atom. The van der Waals surface area contributed by atoms with Crippen LogP contribution in [0.4, 0.5) is 4.39 Å². The molecule has 82 heavy (non-hydrogen) atoms. The topological polar surface area (TPSA) is 365 Å². The van der Waals surface area contributed by atoms with E-state index < -0.39 is 126 Å². The quantitative estimate of drug-likeness (QED) is 0.0212. The van der Waals surface area contributed by atoms with Crippen LogP contribution < -0.4 is 37.9 Å². The molecule has 4 aliphatic rings. The molecule has 0 bridgehead atoms. The fraction of sp³-hybridized carbons (Fsp3) is 0.411. The first-order valence-corrected chi connectivity index (χ1v) is 26.7. The number of carboxylic acids is 1. The van der Waals surface area contributed by atoms with E-state index in [4.69, 9.17) is 15.5 Å². The average molecular weight is 1130 g/mol. The number of halogens is 1. The lowest BCUT2D eigenvalue weighted by atomic mass is 9.81. The van der Waals surface area contributed by atoms with Crippen molar-refractivity contribution in [2.45, 2.75) is 115 Å². The van der Waals surface area contributed by atoms with Crippen LogP contribution in [-0.2, 0) is 89.1 Å². The van der Waals surface area contributed by atoms with Crippen LogP contribution in [0.15, 0.2) is 59.4 Å². The first kappa shape index (κ1) is 58.9. The zero-order chi connectivity index (χ0) is 59.2. The number of aliphatic carboxylic acids is 1. The Balaban J connectivity index is 0.933. The third kappa shape index (κ3) is 12.7. The van der Waals surface area contributed by atoms with E-state index in [2.05, 4.69) is 26.6 Å². The number of nitrogens with one attached hydrogen (secondary N) is 5. The Morgan fingerprint density at radius 2 is 1.54 bits per heavy atom. The van der Waals surface area contributed by atoms with E-state index in [1.807, 2.05) is 0 Å². The number of cyclic esters (lactones) is 1. The van der Waals surface area contributed by atoms with Crippen molar-refractivity contribution in [3.05, 3.63) is 110 Å². The summed E-state index contributed by atoms with van der Waals surface area (Å²) in [6.45, 7) is 0.528. The standard InChI is InChI=1S/C56H61FN10O15/c1-3-56(81)34-21-40-51-32(27-67(40)54(79)33(34)28-82-55(56)80)50-39(14-13-31-29(2)35(57)22-36(64-51)49(31)50)65(19-17-41(58)68)47(74)26-61-52(77)37(20-30-10-6-4-7-11-30)63-44(71)25-59-43(70)24-60-53(78)38(23-48(75)76)62-42(69)12-8-5-9-18-66-45(72)15-16-46(66)73/h4,6-7,10-11,15-16,21-22,37-39,81H,3,5,8-9,12-14,17-20,23-28H2,1-2H3,(H2,58,68)(H,59,70)(H,60,78)(H,61,77)(H,62,69)(H,63,71)(H,75,76)/t37-,38-,39-,56-/m0/s1. The third-order valence-electron chi connectivity index (χ3n) is 15.1. The number of aromatic nitrogens is 2. The summed E-state index contributed by atoms with van der Waals surface area (Å²) >= 11 is 0. The van der Waals surface area contributed by atoms with Crippen molar-refractivity contribution in [2.75, 3.05) is 32.7 Å². The molecule has 432 valence electrons. The highest BCUT2D eigenvalue weighted by atomic mass is 19.1. The van der Waals surface area contributed by atoms with Gasteiger partial charge in [-0.25, -0.2) is 14.2 Å². The smallest absolute Gasteiger partial charge is 0.343 e. The van der Waals surface area contributed by atoms with Gasteiger partial charge in [-0.1, -0.05) is 43.7 Å². The van der Waals surface area contributed by atoms with Gasteiger partial charge in [0.1, 0.15) is 24.5 Å². The van der Waals surface area contributed by atoms with Gasteiger partial charge >= 0.3 is 11.9 Å². The molecule has 0 radical (unpaired) electrons. The van der Waals surface area contributed by atoms with Crippen molar-refractivity contribution in [3.8, 4) is 11.4 Å². The number of carbonyl (C=O) groups is 11. The van der Waals surface area contributed by atoms with Crippen molar-refractivity contribution < 1.29 is 72.1 Å². The molecule has 0 spiro atoms. The Labute approximate surface area is 467 Å². The van der Waals surface area contributed by atoms with Crippen molar-refractivity contribution in [1.82, 2.24) is 45.9 Å². The van der Waals surface area contributed by atoms with Gasteiger partial charge in [0.15, 0.2) is 5.60 Å². The number of hydrogen-bond acceptors (Lipinski definition) is 15. The number of carboxylic acid groups (broad SMARTS) is 1. The number of ether oxygens (including phenoxy) is 1. The summed E-state index contributed by atoms with van der Waals surface area (Å²) in [6.07, 6.45) is 2.46. The number of fused-ring (bicyclic) bond motifs is 5.